The second kappa shape index (κ2) is 6.91. The van der Waals surface area contributed by atoms with Gasteiger partial charge in [0.1, 0.15) is 5.82 Å². The number of rotatable bonds is 3. The number of likely N-dealkylation sites (N-methyl/N-ethyl adjacent to an activating group) is 1. The highest BCUT2D eigenvalue weighted by Crippen LogP contribution is 2.38. The second-order valence-electron chi connectivity index (χ2n) is 5.64. The summed E-state index contributed by atoms with van der Waals surface area (Å²) in [6.45, 7) is 4.28. The maximum Gasteiger partial charge on any atom is 0.123 e. The average Bonchev–Trinajstić information content (AvgIpc) is 2.81. The Bertz CT molecular complexity index is 593. The zero-order valence-corrected chi connectivity index (χ0v) is 14.1. The highest BCUT2D eigenvalue weighted by Gasteiger charge is 2.26. The monoisotopic (exact) mass is 325 g/mol. The molecule has 3 rings (SSSR count). The first kappa shape index (κ1) is 16.5. The molecule has 0 saturated carbocycles. The largest absolute Gasteiger partial charge is 0.300 e. The Kier molecular flexibility index (Phi) is 5.42. The van der Waals surface area contributed by atoms with E-state index in [9.17, 15) is 4.39 Å². The Labute approximate surface area is 136 Å². The summed E-state index contributed by atoms with van der Waals surface area (Å²) in [6.07, 6.45) is 2.36. The Morgan fingerprint density at radius 2 is 2.00 bits per heavy atom. The molecule has 0 fully saturated rings. The maximum atomic E-state index is 13.1. The number of thiophene rings is 1. The molecule has 2 aromatic rings. The highest BCUT2D eigenvalue weighted by atomic mass is 35.5. The minimum atomic E-state index is -0.157. The average molecular weight is 326 g/mol. The van der Waals surface area contributed by atoms with E-state index in [0.717, 1.165) is 19.5 Å². The van der Waals surface area contributed by atoms with Crippen molar-refractivity contribution in [2.45, 2.75) is 32.2 Å². The Balaban J connectivity index is 0.00000161. The van der Waals surface area contributed by atoms with Gasteiger partial charge in [-0.15, -0.1) is 23.7 Å². The van der Waals surface area contributed by atoms with E-state index in [-0.39, 0.29) is 18.2 Å². The normalized spacial score (nSPS) is 18.1. The molecule has 1 aromatic heterocycles. The summed E-state index contributed by atoms with van der Waals surface area (Å²) in [4.78, 5) is 5.33. The molecule has 114 valence electrons. The van der Waals surface area contributed by atoms with Crippen molar-refractivity contribution in [2.75, 3.05) is 13.6 Å². The van der Waals surface area contributed by atoms with Gasteiger partial charge in [-0.05, 0) is 42.8 Å². The van der Waals surface area contributed by atoms with Crippen molar-refractivity contribution in [3.8, 4) is 0 Å². The molecule has 1 unspecified atom stereocenters. The van der Waals surface area contributed by atoms with Crippen LogP contribution < -0.4 is 0 Å². The van der Waals surface area contributed by atoms with E-state index in [0.29, 0.717) is 5.92 Å². The summed E-state index contributed by atoms with van der Waals surface area (Å²) in [5.41, 5.74) is 2.68. The summed E-state index contributed by atoms with van der Waals surface area (Å²) in [5.74, 6) is 0.223. The van der Waals surface area contributed by atoms with E-state index in [1.807, 2.05) is 23.5 Å². The van der Waals surface area contributed by atoms with Crippen LogP contribution in [-0.2, 0) is 13.0 Å². The van der Waals surface area contributed by atoms with Gasteiger partial charge in [0, 0.05) is 28.8 Å². The van der Waals surface area contributed by atoms with Crippen LogP contribution in [0.5, 0.6) is 0 Å². The van der Waals surface area contributed by atoms with Crippen LogP contribution >= 0.6 is 23.7 Å². The van der Waals surface area contributed by atoms with Crippen molar-refractivity contribution < 1.29 is 4.39 Å². The molecule has 1 nitrogen and oxygen atoms in total. The summed E-state index contributed by atoms with van der Waals surface area (Å²) in [5, 5.41) is 0. The molecule has 1 aliphatic heterocycles. The van der Waals surface area contributed by atoms with Crippen molar-refractivity contribution in [1.82, 2.24) is 4.90 Å². The fraction of sp³-hybridized carbons (Fsp3) is 0.412. The molecular formula is C17H21ClFNS. The molecule has 1 atom stereocenters. The molecule has 0 aliphatic carbocycles. The van der Waals surface area contributed by atoms with E-state index in [1.54, 1.807) is 12.1 Å². The maximum absolute atomic E-state index is 13.1. The number of aryl methyl sites for hydroxylation is 1. The number of hydrogen-bond donors (Lipinski definition) is 0. The molecular weight excluding hydrogens is 305 g/mol. The summed E-state index contributed by atoms with van der Waals surface area (Å²) >= 11 is 1.95. The van der Waals surface area contributed by atoms with Crippen LogP contribution in [0, 0.1) is 5.82 Å². The molecule has 0 bridgehead atoms. The van der Waals surface area contributed by atoms with Crippen LogP contribution in [0.3, 0.4) is 0 Å². The summed E-state index contributed by atoms with van der Waals surface area (Å²) in [6, 6.07) is 9.39. The van der Waals surface area contributed by atoms with Crippen molar-refractivity contribution in [1.29, 1.82) is 0 Å². The predicted octanol–water partition coefficient (Wildman–Crippen LogP) is 4.84. The van der Waals surface area contributed by atoms with Gasteiger partial charge in [0.25, 0.3) is 0 Å². The Hall–Kier alpha value is -0.900. The third-order valence-corrected chi connectivity index (χ3v) is 5.14. The summed E-state index contributed by atoms with van der Waals surface area (Å²) in [7, 11) is 2.17. The van der Waals surface area contributed by atoms with Gasteiger partial charge in [-0.3, -0.25) is 0 Å². The van der Waals surface area contributed by atoms with Crippen LogP contribution in [0.2, 0.25) is 0 Å². The van der Waals surface area contributed by atoms with Crippen molar-refractivity contribution in [3.63, 3.8) is 0 Å². The molecule has 1 aliphatic rings. The minimum absolute atomic E-state index is 0. The second-order valence-corrected chi connectivity index (χ2v) is 6.86. The van der Waals surface area contributed by atoms with Gasteiger partial charge >= 0.3 is 0 Å². The lowest BCUT2D eigenvalue weighted by Gasteiger charge is -2.30. The number of halogens is 2. The molecule has 0 N–H and O–H groups in total. The topological polar surface area (TPSA) is 3.24 Å². The predicted molar refractivity (Wildman–Crippen MR) is 90.1 cm³/mol. The van der Waals surface area contributed by atoms with Crippen LogP contribution in [0.15, 0.2) is 30.3 Å². The number of benzene rings is 1. The van der Waals surface area contributed by atoms with E-state index in [1.165, 1.54) is 27.3 Å². The van der Waals surface area contributed by atoms with Gasteiger partial charge in [-0.25, -0.2) is 4.39 Å². The van der Waals surface area contributed by atoms with Crippen LogP contribution in [-0.4, -0.2) is 18.5 Å². The third-order valence-electron chi connectivity index (χ3n) is 3.94. The first-order chi connectivity index (χ1) is 9.67. The lowest BCUT2D eigenvalue weighted by atomic mass is 9.88. The molecule has 2 heterocycles. The fourth-order valence-electron chi connectivity index (χ4n) is 2.99. The molecule has 1 aromatic carbocycles. The van der Waals surface area contributed by atoms with Crippen molar-refractivity contribution in [3.05, 3.63) is 57.0 Å². The zero-order valence-electron chi connectivity index (χ0n) is 12.4. The quantitative estimate of drug-likeness (QED) is 0.780. The van der Waals surface area contributed by atoms with E-state index in [4.69, 9.17) is 0 Å². The standard InChI is InChI=1S/C17H20FNS.ClH/c1-3-4-14-9-15-16(10-19(2)11-17(15)20-14)12-5-7-13(18)8-6-12;/h5-9,16H,3-4,10-11H2,1-2H3;1H. The van der Waals surface area contributed by atoms with Crippen LogP contribution in [0.1, 0.15) is 40.1 Å². The van der Waals surface area contributed by atoms with Gasteiger partial charge in [0.2, 0.25) is 0 Å². The first-order valence-electron chi connectivity index (χ1n) is 7.23. The van der Waals surface area contributed by atoms with E-state index >= 15 is 0 Å². The Morgan fingerprint density at radius 1 is 1.29 bits per heavy atom. The van der Waals surface area contributed by atoms with Gasteiger partial charge in [0.15, 0.2) is 0 Å². The third kappa shape index (κ3) is 3.47. The van der Waals surface area contributed by atoms with Crippen molar-refractivity contribution >= 4 is 23.7 Å². The van der Waals surface area contributed by atoms with Crippen LogP contribution in [0.4, 0.5) is 4.39 Å². The molecule has 0 amide bonds. The SMILES string of the molecule is CCCc1cc2c(s1)CN(C)CC2c1ccc(F)cc1.Cl. The number of nitrogens with zero attached hydrogens (tertiary/aromatic N) is 1. The fourth-order valence-corrected chi connectivity index (χ4v) is 4.40. The highest BCUT2D eigenvalue weighted by molar-refractivity contribution is 7.12. The first-order valence-corrected chi connectivity index (χ1v) is 8.04. The smallest absolute Gasteiger partial charge is 0.123 e. The van der Waals surface area contributed by atoms with Gasteiger partial charge in [-0.2, -0.15) is 0 Å². The zero-order chi connectivity index (χ0) is 14.1. The molecule has 0 radical (unpaired) electrons. The Morgan fingerprint density at radius 3 is 2.67 bits per heavy atom. The van der Waals surface area contributed by atoms with Gasteiger partial charge < -0.3 is 4.90 Å². The van der Waals surface area contributed by atoms with Crippen LogP contribution in [0.25, 0.3) is 0 Å². The van der Waals surface area contributed by atoms with E-state index in [2.05, 4.69) is 24.9 Å². The molecule has 4 heteroatoms. The van der Waals surface area contributed by atoms with E-state index < -0.39 is 0 Å². The lowest BCUT2D eigenvalue weighted by molar-refractivity contribution is 0.299. The van der Waals surface area contributed by atoms with Gasteiger partial charge in [0.05, 0.1) is 0 Å². The molecule has 0 saturated heterocycles. The van der Waals surface area contributed by atoms with Gasteiger partial charge in [-0.1, -0.05) is 25.5 Å². The van der Waals surface area contributed by atoms with Crippen molar-refractivity contribution in [2.24, 2.45) is 0 Å². The molecule has 0 spiro atoms. The number of hydrogen-bond acceptors (Lipinski definition) is 2. The summed E-state index contributed by atoms with van der Waals surface area (Å²) < 4.78 is 13.1. The minimum Gasteiger partial charge on any atom is -0.300 e. The molecule has 21 heavy (non-hydrogen) atoms. The number of fused-ring (bicyclic) bond motifs is 1. The lowest BCUT2D eigenvalue weighted by Crippen LogP contribution is -2.29.